The molecule has 0 aromatic heterocycles. The third-order valence-electron chi connectivity index (χ3n) is 4.61. The number of nitrogens with zero attached hydrogens (tertiary/aromatic N) is 1. The van der Waals surface area contributed by atoms with Gasteiger partial charge < -0.3 is 5.32 Å². The second kappa shape index (κ2) is 9.83. The van der Waals surface area contributed by atoms with Gasteiger partial charge in [-0.1, -0.05) is 47.0 Å². The van der Waals surface area contributed by atoms with E-state index in [0.29, 0.717) is 17.1 Å². The Morgan fingerprint density at radius 2 is 1.83 bits per heavy atom. The number of amides is 1. The summed E-state index contributed by atoms with van der Waals surface area (Å²) in [6.07, 6.45) is 1.65. The van der Waals surface area contributed by atoms with E-state index < -0.39 is 10.0 Å². The molecule has 0 bridgehead atoms. The van der Waals surface area contributed by atoms with Gasteiger partial charge in [-0.2, -0.15) is 0 Å². The summed E-state index contributed by atoms with van der Waals surface area (Å²) >= 11 is 12.1. The highest BCUT2D eigenvalue weighted by molar-refractivity contribution is 7.92. The fraction of sp³-hybridized carbons (Fsp3) is 0.381. The second-order valence-electron chi connectivity index (χ2n) is 7.18. The van der Waals surface area contributed by atoms with Gasteiger partial charge in [0, 0.05) is 18.0 Å². The summed E-state index contributed by atoms with van der Waals surface area (Å²) in [4.78, 5) is 12.4. The standard InChI is InChI=1S/C21H26Cl2N2O3S/c1-14-7-9-18(15(2)12-14)16(3)24-21(26)6-5-11-25(29(4,27)28)20-13-17(22)8-10-19(20)23/h7-10,12-13,16H,5-6,11H2,1-4H3,(H,24,26)/t16-/m0/s1. The molecule has 0 aliphatic carbocycles. The number of carbonyl (C=O) groups excluding carboxylic acids is 1. The lowest BCUT2D eigenvalue weighted by Crippen LogP contribution is -2.33. The highest BCUT2D eigenvalue weighted by atomic mass is 35.5. The van der Waals surface area contributed by atoms with Gasteiger partial charge in [0.2, 0.25) is 15.9 Å². The van der Waals surface area contributed by atoms with E-state index in [0.717, 1.165) is 17.4 Å². The van der Waals surface area contributed by atoms with Crippen LogP contribution in [0, 0.1) is 13.8 Å². The van der Waals surface area contributed by atoms with Gasteiger partial charge >= 0.3 is 0 Å². The fourth-order valence-electron chi connectivity index (χ4n) is 3.23. The lowest BCUT2D eigenvalue weighted by Gasteiger charge is -2.24. The number of hydrogen-bond acceptors (Lipinski definition) is 3. The Bertz CT molecular complexity index is 993. The number of aryl methyl sites for hydroxylation is 2. The van der Waals surface area contributed by atoms with E-state index in [-0.39, 0.29) is 29.9 Å². The Labute approximate surface area is 183 Å². The van der Waals surface area contributed by atoms with Crippen molar-refractivity contribution in [2.24, 2.45) is 0 Å². The van der Waals surface area contributed by atoms with Gasteiger partial charge in [-0.15, -0.1) is 0 Å². The van der Waals surface area contributed by atoms with Crippen LogP contribution in [0.1, 0.15) is 42.5 Å². The molecule has 2 rings (SSSR count). The molecule has 158 valence electrons. The van der Waals surface area contributed by atoms with E-state index in [1.807, 2.05) is 32.9 Å². The van der Waals surface area contributed by atoms with Crippen molar-refractivity contribution in [1.29, 1.82) is 0 Å². The second-order valence-corrected chi connectivity index (χ2v) is 9.93. The van der Waals surface area contributed by atoms with E-state index in [1.165, 1.54) is 15.9 Å². The summed E-state index contributed by atoms with van der Waals surface area (Å²) in [5.74, 6) is -0.136. The maximum absolute atomic E-state index is 12.4. The number of benzene rings is 2. The summed E-state index contributed by atoms with van der Waals surface area (Å²) in [7, 11) is -3.57. The van der Waals surface area contributed by atoms with Gasteiger partial charge in [0.15, 0.2) is 0 Å². The normalized spacial score (nSPS) is 12.5. The van der Waals surface area contributed by atoms with Crippen LogP contribution in [0.5, 0.6) is 0 Å². The molecule has 0 fully saturated rings. The van der Waals surface area contributed by atoms with Gasteiger partial charge in [0.05, 0.1) is 23.0 Å². The molecule has 0 spiro atoms. The molecule has 5 nitrogen and oxygen atoms in total. The molecule has 0 saturated carbocycles. The minimum Gasteiger partial charge on any atom is -0.350 e. The number of nitrogens with one attached hydrogen (secondary N) is 1. The average Bonchev–Trinajstić information content (AvgIpc) is 2.60. The van der Waals surface area contributed by atoms with Crippen LogP contribution in [0.3, 0.4) is 0 Å². The molecule has 0 aliphatic heterocycles. The first kappa shape index (κ1) is 23.5. The van der Waals surface area contributed by atoms with Crippen LogP contribution < -0.4 is 9.62 Å². The third-order valence-corrected chi connectivity index (χ3v) is 6.35. The quantitative estimate of drug-likeness (QED) is 0.605. The third kappa shape index (κ3) is 6.63. The van der Waals surface area contributed by atoms with E-state index in [4.69, 9.17) is 23.2 Å². The first-order valence-corrected chi connectivity index (χ1v) is 11.9. The molecule has 0 unspecified atom stereocenters. The van der Waals surface area contributed by atoms with Crippen molar-refractivity contribution < 1.29 is 13.2 Å². The minimum absolute atomic E-state index is 0.128. The first-order valence-electron chi connectivity index (χ1n) is 9.28. The lowest BCUT2D eigenvalue weighted by atomic mass is 10.00. The van der Waals surface area contributed by atoms with Crippen molar-refractivity contribution in [2.75, 3.05) is 17.1 Å². The SMILES string of the molecule is Cc1ccc([C@H](C)NC(=O)CCCN(c2cc(Cl)ccc2Cl)S(C)(=O)=O)c(C)c1. The molecule has 1 atom stereocenters. The molecular weight excluding hydrogens is 431 g/mol. The van der Waals surface area contributed by atoms with Gasteiger partial charge in [-0.3, -0.25) is 9.10 Å². The largest absolute Gasteiger partial charge is 0.350 e. The number of anilines is 1. The Hall–Kier alpha value is -1.76. The number of halogens is 2. The molecule has 29 heavy (non-hydrogen) atoms. The van der Waals surface area contributed by atoms with Crippen LogP contribution in [0.2, 0.25) is 10.0 Å². The van der Waals surface area contributed by atoms with Crippen LogP contribution in [0.15, 0.2) is 36.4 Å². The molecule has 0 radical (unpaired) electrons. The summed E-state index contributed by atoms with van der Waals surface area (Å²) in [5, 5.41) is 3.65. The van der Waals surface area contributed by atoms with Crippen molar-refractivity contribution >= 4 is 44.8 Å². The number of hydrogen-bond donors (Lipinski definition) is 1. The number of rotatable bonds is 8. The van der Waals surface area contributed by atoms with Crippen molar-refractivity contribution in [3.63, 3.8) is 0 Å². The highest BCUT2D eigenvalue weighted by Gasteiger charge is 2.21. The maximum Gasteiger partial charge on any atom is 0.232 e. The van der Waals surface area contributed by atoms with Crippen molar-refractivity contribution in [3.8, 4) is 0 Å². The Balaban J connectivity index is 2.00. The molecular formula is C21H26Cl2N2O3S. The van der Waals surface area contributed by atoms with Crippen molar-refractivity contribution in [2.45, 2.75) is 39.7 Å². The summed E-state index contributed by atoms with van der Waals surface area (Å²) in [6, 6.07) is 10.6. The molecule has 0 saturated heterocycles. The zero-order valence-corrected chi connectivity index (χ0v) is 19.3. The van der Waals surface area contributed by atoms with E-state index in [2.05, 4.69) is 11.4 Å². The Morgan fingerprint density at radius 1 is 1.14 bits per heavy atom. The first-order chi connectivity index (χ1) is 13.5. The number of sulfonamides is 1. The van der Waals surface area contributed by atoms with Crippen LogP contribution in [-0.2, 0) is 14.8 Å². The van der Waals surface area contributed by atoms with E-state index >= 15 is 0 Å². The van der Waals surface area contributed by atoms with Gasteiger partial charge in [0.1, 0.15) is 0 Å². The summed E-state index contributed by atoms with van der Waals surface area (Å²) in [5.41, 5.74) is 3.67. The summed E-state index contributed by atoms with van der Waals surface area (Å²) in [6.45, 7) is 6.11. The fourth-order valence-corrected chi connectivity index (χ4v) is 4.63. The van der Waals surface area contributed by atoms with E-state index in [1.54, 1.807) is 12.1 Å². The summed E-state index contributed by atoms with van der Waals surface area (Å²) < 4.78 is 25.6. The van der Waals surface area contributed by atoms with Crippen LogP contribution in [-0.4, -0.2) is 27.1 Å². The van der Waals surface area contributed by atoms with Crippen molar-refractivity contribution in [1.82, 2.24) is 5.32 Å². The molecule has 8 heteroatoms. The van der Waals surface area contributed by atoms with Gasteiger partial charge in [-0.25, -0.2) is 8.42 Å². The zero-order valence-electron chi connectivity index (χ0n) is 17.0. The minimum atomic E-state index is -3.57. The smallest absolute Gasteiger partial charge is 0.232 e. The average molecular weight is 457 g/mol. The zero-order chi connectivity index (χ0) is 21.8. The van der Waals surface area contributed by atoms with E-state index in [9.17, 15) is 13.2 Å². The Morgan fingerprint density at radius 3 is 2.45 bits per heavy atom. The van der Waals surface area contributed by atoms with Gasteiger partial charge in [0.25, 0.3) is 0 Å². The topological polar surface area (TPSA) is 66.5 Å². The monoisotopic (exact) mass is 456 g/mol. The van der Waals surface area contributed by atoms with Crippen LogP contribution in [0.4, 0.5) is 5.69 Å². The highest BCUT2D eigenvalue weighted by Crippen LogP contribution is 2.31. The van der Waals surface area contributed by atoms with Crippen LogP contribution in [0.25, 0.3) is 0 Å². The lowest BCUT2D eigenvalue weighted by molar-refractivity contribution is -0.121. The Kier molecular flexibility index (Phi) is 7.97. The molecule has 1 amide bonds. The molecule has 0 aliphatic rings. The number of carbonyl (C=O) groups is 1. The molecule has 1 N–H and O–H groups in total. The predicted molar refractivity (Wildman–Crippen MR) is 120 cm³/mol. The maximum atomic E-state index is 12.4. The molecule has 0 heterocycles. The van der Waals surface area contributed by atoms with Crippen molar-refractivity contribution in [3.05, 3.63) is 63.1 Å². The molecule has 2 aromatic carbocycles. The molecule has 2 aromatic rings. The predicted octanol–water partition coefficient (Wildman–Crippen LogP) is 5.03. The van der Waals surface area contributed by atoms with Gasteiger partial charge in [-0.05, 0) is 56.5 Å². The van der Waals surface area contributed by atoms with Crippen LogP contribution >= 0.6 is 23.2 Å².